The van der Waals surface area contributed by atoms with Gasteiger partial charge in [-0.3, -0.25) is 4.90 Å². The van der Waals surface area contributed by atoms with Crippen molar-refractivity contribution in [3.05, 3.63) is 0 Å². The lowest BCUT2D eigenvalue weighted by atomic mass is 10.0. The first-order valence-electron chi connectivity index (χ1n) is 5.17. The molecular formula is C10H20N4. The fourth-order valence-electron chi connectivity index (χ4n) is 2.00. The zero-order valence-electron chi connectivity index (χ0n) is 9.11. The van der Waals surface area contributed by atoms with Crippen LogP contribution in [0.4, 0.5) is 0 Å². The Bertz CT molecular complexity index is 211. The summed E-state index contributed by atoms with van der Waals surface area (Å²) >= 11 is 0. The summed E-state index contributed by atoms with van der Waals surface area (Å²) in [5.41, 5.74) is 5.60. The molecule has 80 valence electrons. The van der Waals surface area contributed by atoms with Gasteiger partial charge in [-0.05, 0) is 33.5 Å². The minimum Gasteiger partial charge on any atom is -0.315 e. The topological polar surface area (TPSA) is 56.3 Å². The lowest BCUT2D eigenvalue weighted by Gasteiger charge is -2.36. The van der Waals surface area contributed by atoms with E-state index in [2.05, 4.69) is 30.0 Å². The van der Waals surface area contributed by atoms with Gasteiger partial charge < -0.3 is 10.6 Å². The molecule has 4 heteroatoms. The Kier molecular flexibility index (Phi) is 4.33. The van der Waals surface area contributed by atoms with Crippen molar-refractivity contribution in [2.24, 2.45) is 5.73 Å². The summed E-state index contributed by atoms with van der Waals surface area (Å²) < 4.78 is 0. The van der Waals surface area contributed by atoms with E-state index in [1.807, 2.05) is 0 Å². The van der Waals surface area contributed by atoms with Crippen LogP contribution in [0.5, 0.6) is 0 Å². The fourth-order valence-corrected chi connectivity index (χ4v) is 2.00. The molecular weight excluding hydrogens is 176 g/mol. The molecule has 0 radical (unpaired) electrons. The number of likely N-dealkylation sites (tertiary alicyclic amines) is 1. The molecule has 4 nitrogen and oxygen atoms in total. The minimum atomic E-state index is -0.354. The van der Waals surface area contributed by atoms with Gasteiger partial charge in [-0.1, -0.05) is 0 Å². The SMILES string of the molecule is CN1CCCC(N(C)CC(N)C#N)C1. The van der Waals surface area contributed by atoms with Crippen LogP contribution in [0.25, 0.3) is 0 Å². The normalized spacial score (nSPS) is 26.1. The third-order valence-corrected chi connectivity index (χ3v) is 2.87. The van der Waals surface area contributed by atoms with E-state index in [1.165, 1.54) is 19.4 Å². The molecule has 1 aliphatic rings. The maximum absolute atomic E-state index is 8.62. The minimum absolute atomic E-state index is 0.354. The van der Waals surface area contributed by atoms with Crippen LogP contribution in [0, 0.1) is 11.3 Å². The number of hydrogen-bond donors (Lipinski definition) is 1. The predicted molar refractivity (Wildman–Crippen MR) is 56.7 cm³/mol. The summed E-state index contributed by atoms with van der Waals surface area (Å²) in [4.78, 5) is 4.55. The van der Waals surface area contributed by atoms with Crippen molar-refractivity contribution in [2.45, 2.75) is 24.9 Å². The van der Waals surface area contributed by atoms with Gasteiger partial charge in [0.25, 0.3) is 0 Å². The quantitative estimate of drug-likeness (QED) is 0.683. The molecule has 2 atom stereocenters. The first-order valence-corrected chi connectivity index (χ1v) is 5.17. The van der Waals surface area contributed by atoms with Crippen molar-refractivity contribution in [3.63, 3.8) is 0 Å². The lowest BCUT2D eigenvalue weighted by Crippen LogP contribution is -2.48. The Hall–Kier alpha value is -0.630. The lowest BCUT2D eigenvalue weighted by molar-refractivity contribution is 0.133. The molecule has 0 amide bonds. The fraction of sp³-hybridized carbons (Fsp3) is 0.900. The van der Waals surface area contributed by atoms with Crippen molar-refractivity contribution < 1.29 is 0 Å². The van der Waals surface area contributed by atoms with Gasteiger partial charge in [-0.25, -0.2) is 0 Å². The molecule has 1 saturated heterocycles. The first kappa shape index (κ1) is 11.4. The van der Waals surface area contributed by atoms with E-state index >= 15 is 0 Å². The van der Waals surface area contributed by atoms with E-state index in [0.29, 0.717) is 12.6 Å². The maximum Gasteiger partial charge on any atom is 0.106 e. The van der Waals surface area contributed by atoms with Crippen molar-refractivity contribution in [2.75, 3.05) is 33.7 Å². The highest BCUT2D eigenvalue weighted by molar-refractivity contribution is 4.90. The highest BCUT2D eigenvalue weighted by atomic mass is 15.2. The first-order chi connectivity index (χ1) is 6.63. The average molecular weight is 196 g/mol. The Labute approximate surface area is 86.3 Å². The second-order valence-corrected chi connectivity index (χ2v) is 4.23. The molecule has 0 aromatic carbocycles. The largest absolute Gasteiger partial charge is 0.315 e. The van der Waals surface area contributed by atoms with Crippen molar-refractivity contribution in [1.29, 1.82) is 5.26 Å². The van der Waals surface area contributed by atoms with Crippen LogP contribution in [-0.4, -0.2) is 55.6 Å². The van der Waals surface area contributed by atoms with Crippen LogP contribution in [0.15, 0.2) is 0 Å². The zero-order chi connectivity index (χ0) is 10.6. The smallest absolute Gasteiger partial charge is 0.106 e. The van der Waals surface area contributed by atoms with Crippen LogP contribution in [0.2, 0.25) is 0 Å². The van der Waals surface area contributed by atoms with Gasteiger partial charge in [0.05, 0.1) is 6.07 Å². The highest BCUT2D eigenvalue weighted by Crippen LogP contribution is 2.13. The van der Waals surface area contributed by atoms with E-state index in [0.717, 1.165) is 6.54 Å². The number of likely N-dealkylation sites (N-methyl/N-ethyl adjacent to an activating group) is 2. The van der Waals surface area contributed by atoms with Crippen molar-refractivity contribution in [1.82, 2.24) is 9.80 Å². The van der Waals surface area contributed by atoms with E-state index in [4.69, 9.17) is 11.0 Å². The van der Waals surface area contributed by atoms with Crippen LogP contribution in [0.1, 0.15) is 12.8 Å². The monoisotopic (exact) mass is 196 g/mol. The number of rotatable bonds is 3. The molecule has 0 spiro atoms. The third kappa shape index (κ3) is 3.26. The molecule has 0 aromatic heterocycles. The molecule has 14 heavy (non-hydrogen) atoms. The number of nitrogens with zero attached hydrogens (tertiary/aromatic N) is 3. The summed E-state index contributed by atoms with van der Waals surface area (Å²) in [6.07, 6.45) is 2.46. The number of nitrogens with two attached hydrogens (primary N) is 1. The summed E-state index contributed by atoms with van der Waals surface area (Å²) in [5, 5.41) is 8.62. The number of hydrogen-bond acceptors (Lipinski definition) is 4. The van der Waals surface area contributed by atoms with E-state index in [1.54, 1.807) is 0 Å². The molecule has 0 aliphatic carbocycles. The molecule has 0 aromatic rings. The Morgan fingerprint density at radius 3 is 3.00 bits per heavy atom. The van der Waals surface area contributed by atoms with Crippen LogP contribution >= 0.6 is 0 Å². The predicted octanol–water partition coefficient (Wildman–Crippen LogP) is -0.137. The van der Waals surface area contributed by atoms with Gasteiger partial charge in [0.2, 0.25) is 0 Å². The summed E-state index contributed by atoms with van der Waals surface area (Å²) in [5.74, 6) is 0. The van der Waals surface area contributed by atoms with Crippen LogP contribution < -0.4 is 5.73 Å². The van der Waals surface area contributed by atoms with Crippen molar-refractivity contribution in [3.8, 4) is 6.07 Å². The zero-order valence-corrected chi connectivity index (χ0v) is 9.11. The van der Waals surface area contributed by atoms with Crippen LogP contribution in [-0.2, 0) is 0 Å². The van der Waals surface area contributed by atoms with Gasteiger partial charge >= 0.3 is 0 Å². The highest BCUT2D eigenvalue weighted by Gasteiger charge is 2.21. The van der Waals surface area contributed by atoms with Gasteiger partial charge in [0.1, 0.15) is 6.04 Å². The maximum atomic E-state index is 8.62. The Morgan fingerprint density at radius 1 is 1.71 bits per heavy atom. The van der Waals surface area contributed by atoms with Crippen LogP contribution in [0.3, 0.4) is 0 Å². The standard InChI is InChI=1S/C10H20N4/c1-13-5-3-4-10(8-13)14(2)7-9(12)6-11/h9-10H,3-5,7-8,12H2,1-2H3. The molecule has 2 unspecified atom stereocenters. The van der Waals surface area contributed by atoms with Gasteiger partial charge in [0.15, 0.2) is 0 Å². The third-order valence-electron chi connectivity index (χ3n) is 2.87. The number of nitriles is 1. The molecule has 1 fully saturated rings. The van der Waals surface area contributed by atoms with Gasteiger partial charge in [0, 0.05) is 19.1 Å². The molecule has 0 saturated carbocycles. The molecule has 1 aliphatic heterocycles. The van der Waals surface area contributed by atoms with Gasteiger partial charge in [-0.15, -0.1) is 0 Å². The Balaban J connectivity index is 2.36. The molecule has 1 heterocycles. The second-order valence-electron chi connectivity index (χ2n) is 4.23. The van der Waals surface area contributed by atoms with Gasteiger partial charge in [-0.2, -0.15) is 5.26 Å². The number of piperidine rings is 1. The average Bonchev–Trinajstić information content (AvgIpc) is 2.17. The van der Waals surface area contributed by atoms with E-state index in [-0.39, 0.29) is 6.04 Å². The summed E-state index contributed by atoms with van der Waals surface area (Å²) in [6, 6.07) is 2.28. The van der Waals surface area contributed by atoms with Crippen molar-refractivity contribution >= 4 is 0 Å². The van der Waals surface area contributed by atoms with E-state index in [9.17, 15) is 0 Å². The summed E-state index contributed by atoms with van der Waals surface area (Å²) in [7, 11) is 4.20. The Morgan fingerprint density at radius 2 is 2.43 bits per heavy atom. The molecule has 2 N–H and O–H groups in total. The molecule has 1 rings (SSSR count). The second kappa shape index (κ2) is 5.30. The summed E-state index contributed by atoms with van der Waals surface area (Å²) in [6.45, 7) is 2.96. The van der Waals surface area contributed by atoms with E-state index < -0.39 is 0 Å². The molecule has 0 bridgehead atoms.